The standard InChI is InChI=1S/C15H28BNO4/c1-13(2,3)19-12(18)17-11-9-8-10-16-20-14(4,5)15(6,7)21-16/h8,10H,9,11H2,1-7H3,(H,17,18). The molecule has 0 aliphatic carbocycles. The van der Waals surface area contributed by atoms with Gasteiger partial charge < -0.3 is 19.4 Å². The maximum Gasteiger partial charge on any atom is 0.486 e. The molecule has 1 amide bonds. The molecule has 0 aromatic carbocycles. The summed E-state index contributed by atoms with van der Waals surface area (Å²) in [6.07, 6.45) is 2.24. The van der Waals surface area contributed by atoms with Crippen LogP contribution in [0.25, 0.3) is 0 Å². The SMILES string of the molecule is CC(C)(C)OC(=O)NCCC=CB1OC(C)(C)C(C)(C)O1. The van der Waals surface area contributed by atoms with Crippen LogP contribution in [0.15, 0.2) is 12.1 Å². The number of alkyl carbamates (subject to hydrolysis) is 1. The summed E-state index contributed by atoms with van der Waals surface area (Å²) < 4.78 is 16.8. The average molecular weight is 297 g/mol. The van der Waals surface area contributed by atoms with Crippen molar-refractivity contribution in [1.82, 2.24) is 5.32 Å². The second-order valence-electron chi connectivity index (χ2n) is 7.27. The molecule has 1 aliphatic rings. The summed E-state index contributed by atoms with van der Waals surface area (Å²) in [6, 6.07) is 0. The molecule has 0 unspecified atom stereocenters. The van der Waals surface area contributed by atoms with Gasteiger partial charge in [0.05, 0.1) is 11.2 Å². The van der Waals surface area contributed by atoms with Crippen LogP contribution < -0.4 is 5.32 Å². The molecule has 0 aromatic heterocycles. The number of rotatable bonds is 4. The molecule has 21 heavy (non-hydrogen) atoms. The number of hydrogen-bond donors (Lipinski definition) is 1. The first kappa shape index (κ1) is 18.0. The minimum Gasteiger partial charge on any atom is -0.444 e. The average Bonchev–Trinajstić information content (AvgIpc) is 2.44. The smallest absolute Gasteiger partial charge is 0.444 e. The van der Waals surface area contributed by atoms with Crippen molar-refractivity contribution in [3.05, 3.63) is 12.1 Å². The third-order valence-electron chi connectivity index (χ3n) is 3.54. The molecular weight excluding hydrogens is 269 g/mol. The van der Waals surface area contributed by atoms with Gasteiger partial charge in [-0.05, 0) is 54.9 Å². The minimum atomic E-state index is -0.470. The van der Waals surface area contributed by atoms with E-state index < -0.39 is 11.7 Å². The number of carbonyl (C=O) groups is 1. The molecule has 0 bridgehead atoms. The molecule has 1 N–H and O–H groups in total. The Kier molecular flexibility index (Phi) is 5.50. The molecule has 0 radical (unpaired) electrons. The molecule has 1 saturated heterocycles. The molecule has 1 fully saturated rings. The Bertz CT molecular complexity index is 383. The number of carbonyl (C=O) groups excluding carboxylic acids is 1. The van der Waals surface area contributed by atoms with Crippen LogP contribution in [-0.4, -0.2) is 36.6 Å². The summed E-state index contributed by atoms with van der Waals surface area (Å²) in [5, 5.41) is 2.70. The van der Waals surface area contributed by atoms with Gasteiger partial charge in [-0.15, -0.1) is 0 Å². The summed E-state index contributed by atoms with van der Waals surface area (Å²) in [7, 11) is -0.337. The quantitative estimate of drug-likeness (QED) is 0.640. The number of ether oxygens (including phenoxy) is 1. The van der Waals surface area contributed by atoms with Gasteiger partial charge in [-0.2, -0.15) is 0 Å². The topological polar surface area (TPSA) is 56.8 Å². The van der Waals surface area contributed by atoms with Crippen molar-refractivity contribution in [2.24, 2.45) is 0 Å². The number of amides is 1. The molecule has 0 spiro atoms. The summed E-state index contributed by atoms with van der Waals surface area (Å²) in [5.41, 5.74) is -1.11. The van der Waals surface area contributed by atoms with Crippen LogP contribution in [-0.2, 0) is 14.0 Å². The fourth-order valence-corrected chi connectivity index (χ4v) is 1.75. The van der Waals surface area contributed by atoms with E-state index in [-0.39, 0.29) is 18.3 Å². The molecule has 1 aliphatic heterocycles. The van der Waals surface area contributed by atoms with Crippen LogP contribution >= 0.6 is 0 Å². The molecule has 0 saturated carbocycles. The van der Waals surface area contributed by atoms with Gasteiger partial charge >= 0.3 is 13.2 Å². The Morgan fingerprint density at radius 1 is 1.19 bits per heavy atom. The van der Waals surface area contributed by atoms with Gasteiger partial charge in [-0.1, -0.05) is 12.1 Å². The van der Waals surface area contributed by atoms with E-state index in [4.69, 9.17) is 14.0 Å². The van der Waals surface area contributed by atoms with Crippen LogP contribution in [0.5, 0.6) is 0 Å². The molecule has 1 rings (SSSR count). The summed E-state index contributed by atoms with van der Waals surface area (Å²) >= 11 is 0. The van der Waals surface area contributed by atoms with Gasteiger partial charge in [0.25, 0.3) is 0 Å². The van der Waals surface area contributed by atoms with Crippen LogP contribution in [0.1, 0.15) is 54.9 Å². The molecule has 5 nitrogen and oxygen atoms in total. The van der Waals surface area contributed by atoms with E-state index in [2.05, 4.69) is 5.32 Å². The van der Waals surface area contributed by atoms with E-state index in [0.717, 1.165) is 0 Å². The third kappa shape index (κ3) is 5.71. The number of hydrogen-bond acceptors (Lipinski definition) is 4. The van der Waals surface area contributed by atoms with E-state index in [9.17, 15) is 4.79 Å². The number of nitrogens with one attached hydrogen (secondary N) is 1. The second kappa shape index (κ2) is 6.40. The van der Waals surface area contributed by atoms with E-state index in [0.29, 0.717) is 13.0 Å². The van der Waals surface area contributed by atoms with Gasteiger partial charge in [0.1, 0.15) is 5.60 Å². The zero-order chi connectivity index (χ0) is 16.3. The van der Waals surface area contributed by atoms with Crippen molar-refractivity contribution in [1.29, 1.82) is 0 Å². The summed E-state index contributed by atoms with van der Waals surface area (Å²) in [5.74, 6) is 1.88. The first-order valence-electron chi connectivity index (χ1n) is 7.42. The fraction of sp³-hybridized carbons (Fsp3) is 0.800. The van der Waals surface area contributed by atoms with E-state index in [1.807, 2.05) is 60.5 Å². The minimum absolute atomic E-state index is 0.323. The highest BCUT2D eigenvalue weighted by Gasteiger charge is 2.49. The maximum atomic E-state index is 11.4. The van der Waals surface area contributed by atoms with Gasteiger partial charge in [-0.25, -0.2) is 4.79 Å². The van der Waals surface area contributed by atoms with Crippen molar-refractivity contribution in [2.75, 3.05) is 6.54 Å². The normalized spacial score (nSPS) is 20.8. The third-order valence-corrected chi connectivity index (χ3v) is 3.54. The van der Waals surface area contributed by atoms with Crippen LogP contribution in [0.4, 0.5) is 4.79 Å². The van der Waals surface area contributed by atoms with Crippen LogP contribution in [0, 0.1) is 0 Å². The van der Waals surface area contributed by atoms with Crippen molar-refractivity contribution < 1.29 is 18.8 Å². The molecule has 0 atom stereocenters. The Hall–Kier alpha value is -1.01. The lowest BCUT2D eigenvalue weighted by Gasteiger charge is -2.32. The predicted molar refractivity (Wildman–Crippen MR) is 84.1 cm³/mol. The fourth-order valence-electron chi connectivity index (χ4n) is 1.75. The molecule has 1 heterocycles. The Morgan fingerprint density at radius 2 is 1.71 bits per heavy atom. The van der Waals surface area contributed by atoms with E-state index in [1.54, 1.807) is 0 Å². The Morgan fingerprint density at radius 3 is 2.19 bits per heavy atom. The highest BCUT2D eigenvalue weighted by atomic mass is 16.7. The van der Waals surface area contributed by atoms with Crippen LogP contribution in [0.3, 0.4) is 0 Å². The van der Waals surface area contributed by atoms with Crippen molar-refractivity contribution >= 4 is 13.2 Å². The predicted octanol–water partition coefficient (Wildman–Crippen LogP) is 3.09. The van der Waals surface area contributed by atoms with Crippen molar-refractivity contribution in [2.45, 2.75) is 71.7 Å². The van der Waals surface area contributed by atoms with Crippen molar-refractivity contribution in [3.63, 3.8) is 0 Å². The van der Waals surface area contributed by atoms with Gasteiger partial charge in [0.2, 0.25) is 0 Å². The molecular formula is C15H28BNO4. The van der Waals surface area contributed by atoms with Crippen molar-refractivity contribution in [3.8, 4) is 0 Å². The highest BCUT2D eigenvalue weighted by Crippen LogP contribution is 2.36. The Balaban J connectivity index is 2.27. The summed E-state index contributed by atoms with van der Waals surface area (Å²) in [4.78, 5) is 11.4. The first-order valence-corrected chi connectivity index (χ1v) is 7.42. The lowest BCUT2D eigenvalue weighted by molar-refractivity contribution is 0.00578. The van der Waals surface area contributed by atoms with Crippen LogP contribution in [0.2, 0.25) is 0 Å². The molecule has 0 aromatic rings. The van der Waals surface area contributed by atoms with Gasteiger partial charge in [-0.3, -0.25) is 0 Å². The van der Waals surface area contributed by atoms with Gasteiger partial charge in [0, 0.05) is 6.54 Å². The second-order valence-corrected chi connectivity index (χ2v) is 7.27. The van der Waals surface area contributed by atoms with Gasteiger partial charge in [0.15, 0.2) is 0 Å². The summed E-state index contributed by atoms with van der Waals surface area (Å²) in [6.45, 7) is 14.1. The van der Waals surface area contributed by atoms with E-state index in [1.165, 1.54) is 0 Å². The Labute approximate surface area is 128 Å². The lowest BCUT2D eigenvalue weighted by Crippen LogP contribution is -2.41. The zero-order valence-electron chi connectivity index (χ0n) is 14.3. The molecule has 120 valence electrons. The first-order chi connectivity index (χ1) is 9.43. The zero-order valence-corrected chi connectivity index (χ0v) is 14.3. The highest BCUT2D eigenvalue weighted by molar-refractivity contribution is 6.51. The largest absolute Gasteiger partial charge is 0.486 e. The lowest BCUT2D eigenvalue weighted by atomic mass is 9.90. The molecule has 6 heteroatoms. The maximum absolute atomic E-state index is 11.4. The monoisotopic (exact) mass is 297 g/mol. The van der Waals surface area contributed by atoms with E-state index >= 15 is 0 Å².